The van der Waals surface area contributed by atoms with E-state index in [4.69, 9.17) is 9.15 Å². The van der Waals surface area contributed by atoms with E-state index in [0.717, 1.165) is 0 Å². The number of methoxy groups -OCH3 is 1. The number of hydrogen-bond donors (Lipinski definition) is 3. The third-order valence-corrected chi connectivity index (χ3v) is 4.26. The van der Waals surface area contributed by atoms with Gasteiger partial charge >= 0.3 is 0 Å². The first kappa shape index (κ1) is 20.7. The van der Waals surface area contributed by atoms with Crippen molar-refractivity contribution in [2.24, 2.45) is 0 Å². The molecule has 3 amide bonds. The average molecular weight is 407 g/mol. The van der Waals surface area contributed by atoms with Crippen molar-refractivity contribution in [2.45, 2.75) is 13.0 Å². The highest BCUT2D eigenvalue weighted by molar-refractivity contribution is 6.09. The van der Waals surface area contributed by atoms with Crippen LogP contribution < -0.4 is 20.7 Å². The Morgan fingerprint density at radius 2 is 1.63 bits per heavy atom. The maximum atomic E-state index is 12.7. The van der Waals surface area contributed by atoms with Gasteiger partial charge in [0, 0.05) is 5.69 Å². The second-order valence-corrected chi connectivity index (χ2v) is 6.39. The monoisotopic (exact) mass is 407 g/mol. The molecule has 8 heteroatoms. The summed E-state index contributed by atoms with van der Waals surface area (Å²) >= 11 is 0. The Morgan fingerprint density at radius 1 is 0.900 bits per heavy atom. The fourth-order valence-corrected chi connectivity index (χ4v) is 2.65. The molecule has 0 unspecified atom stereocenters. The van der Waals surface area contributed by atoms with Gasteiger partial charge in [-0.25, -0.2) is 0 Å². The van der Waals surface area contributed by atoms with Gasteiger partial charge in [0.2, 0.25) is 5.91 Å². The molecule has 8 nitrogen and oxygen atoms in total. The number of rotatable bonds is 7. The highest BCUT2D eigenvalue weighted by Crippen LogP contribution is 2.18. The second-order valence-electron chi connectivity index (χ2n) is 6.39. The largest absolute Gasteiger partial charge is 0.497 e. The van der Waals surface area contributed by atoms with E-state index < -0.39 is 17.9 Å². The normalized spacial score (nSPS) is 11.3. The van der Waals surface area contributed by atoms with Gasteiger partial charge in [0.05, 0.1) is 24.6 Å². The lowest BCUT2D eigenvalue weighted by atomic mass is 10.1. The zero-order valence-corrected chi connectivity index (χ0v) is 16.5. The van der Waals surface area contributed by atoms with Gasteiger partial charge in [0.15, 0.2) is 5.76 Å². The Kier molecular flexibility index (Phi) is 6.49. The summed E-state index contributed by atoms with van der Waals surface area (Å²) < 4.78 is 10.1. The number of anilines is 2. The van der Waals surface area contributed by atoms with Gasteiger partial charge in [-0.2, -0.15) is 0 Å². The number of para-hydroxylation sites is 1. The minimum Gasteiger partial charge on any atom is -0.497 e. The van der Waals surface area contributed by atoms with E-state index in [9.17, 15) is 14.4 Å². The van der Waals surface area contributed by atoms with Gasteiger partial charge < -0.3 is 25.1 Å². The summed E-state index contributed by atoms with van der Waals surface area (Å²) in [6.45, 7) is 1.57. The zero-order valence-electron chi connectivity index (χ0n) is 16.5. The summed E-state index contributed by atoms with van der Waals surface area (Å²) in [5, 5.41) is 8.00. The SMILES string of the molecule is COc1ccc(NC(=O)[C@H](C)NC(=O)c2ccccc2NC(=O)c2ccco2)cc1. The number of hydrogen-bond acceptors (Lipinski definition) is 5. The number of nitrogens with one attached hydrogen (secondary N) is 3. The minimum absolute atomic E-state index is 0.123. The lowest BCUT2D eigenvalue weighted by Crippen LogP contribution is -2.41. The number of ether oxygens (including phenoxy) is 1. The molecule has 2 aromatic carbocycles. The predicted octanol–water partition coefficient (Wildman–Crippen LogP) is 3.30. The van der Waals surface area contributed by atoms with Gasteiger partial charge in [-0.05, 0) is 55.5 Å². The molecule has 3 aromatic rings. The summed E-state index contributed by atoms with van der Waals surface area (Å²) in [4.78, 5) is 37.3. The van der Waals surface area contributed by atoms with E-state index in [1.54, 1.807) is 68.6 Å². The number of furan rings is 1. The number of carbonyl (C=O) groups is 3. The molecule has 0 bridgehead atoms. The van der Waals surface area contributed by atoms with Crippen molar-refractivity contribution in [1.29, 1.82) is 0 Å². The fourth-order valence-electron chi connectivity index (χ4n) is 2.65. The number of amides is 3. The standard InChI is InChI=1S/C22H21N3O5/c1-14(20(26)24-15-9-11-16(29-2)12-10-15)23-21(27)17-6-3-4-7-18(17)25-22(28)19-8-5-13-30-19/h3-14H,1-2H3,(H,23,27)(H,24,26)(H,25,28)/t14-/m0/s1. The summed E-state index contributed by atoms with van der Waals surface area (Å²) in [5.41, 5.74) is 1.11. The predicted molar refractivity (Wildman–Crippen MR) is 112 cm³/mol. The molecule has 1 heterocycles. The van der Waals surface area contributed by atoms with Crippen molar-refractivity contribution < 1.29 is 23.5 Å². The van der Waals surface area contributed by atoms with Crippen LogP contribution in [-0.2, 0) is 4.79 Å². The molecule has 30 heavy (non-hydrogen) atoms. The summed E-state index contributed by atoms with van der Waals surface area (Å²) in [6, 6.07) is 15.6. The molecule has 0 aliphatic heterocycles. The van der Waals surface area contributed by atoms with Crippen LogP contribution in [-0.4, -0.2) is 30.9 Å². The van der Waals surface area contributed by atoms with Crippen LogP contribution in [0, 0.1) is 0 Å². The second kappa shape index (κ2) is 9.42. The molecule has 3 N–H and O–H groups in total. The Balaban J connectivity index is 1.64. The van der Waals surface area contributed by atoms with Crippen LogP contribution in [0.4, 0.5) is 11.4 Å². The van der Waals surface area contributed by atoms with Gasteiger partial charge in [-0.15, -0.1) is 0 Å². The first-order valence-corrected chi connectivity index (χ1v) is 9.17. The Bertz CT molecular complexity index is 1030. The number of carbonyl (C=O) groups excluding carboxylic acids is 3. The topological polar surface area (TPSA) is 110 Å². The molecule has 1 atom stereocenters. The van der Waals surface area contributed by atoms with Crippen molar-refractivity contribution in [3.63, 3.8) is 0 Å². The van der Waals surface area contributed by atoms with Crippen LogP contribution in [0.3, 0.4) is 0 Å². The quantitative estimate of drug-likeness (QED) is 0.557. The van der Waals surface area contributed by atoms with E-state index >= 15 is 0 Å². The molecular weight excluding hydrogens is 386 g/mol. The van der Waals surface area contributed by atoms with E-state index in [1.807, 2.05) is 0 Å². The molecule has 1 aromatic heterocycles. The number of benzene rings is 2. The van der Waals surface area contributed by atoms with Crippen molar-refractivity contribution in [2.75, 3.05) is 17.7 Å². The molecule has 0 aliphatic carbocycles. The van der Waals surface area contributed by atoms with Gasteiger partial charge in [0.25, 0.3) is 11.8 Å². The van der Waals surface area contributed by atoms with Gasteiger partial charge in [-0.1, -0.05) is 12.1 Å². The maximum Gasteiger partial charge on any atom is 0.291 e. The zero-order chi connectivity index (χ0) is 21.5. The van der Waals surface area contributed by atoms with Crippen LogP contribution >= 0.6 is 0 Å². The van der Waals surface area contributed by atoms with Gasteiger partial charge in [0.1, 0.15) is 11.8 Å². The molecule has 3 rings (SSSR count). The first-order valence-electron chi connectivity index (χ1n) is 9.17. The van der Waals surface area contributed by atoms with E-state index in [2.05, 4.69) is 16.0 Å². The Labute approximate surface area is 173 Å². The van der Waals surface area contributed by atoms with Crippen molar-refractivity contribution in [1.82, 2.24) is 5.32 Å². The molecule has 0 saturated heterocycles. The summed E-state index contributed by atoms with van der Waals surface area (Å²) in [6.07, 6.45) is 1.39. The van der Waals surface area contributed by atoms with Crippen LogP contribution in [0.15, 0.2) is 71.3 Å². The average Bonchev–Trinajstić information content (AvgIpc) is 3.29. The van der Waals surface area contributed by atoms with Crippen LogP contribution in [0.1, 0.15) is 27.8 Å². The minimum atomic E-state index is -0.812. The molecule has 0 aliphatic rings. The van der Waals surface area contributed by atoms with Gasteiger partial charge in [-0.3, -0.25) is 14.4 Å². The lowest BCUT2D eigenvalue weighted by molar-refractivity contribution is -0.117. The van der Waals surface area contributed by atoms with Crippen LogP contribution in [0.25, 0.3) is 0 Å². The van der Waals surface area contributed by atoms with Crippen molar-refractivity contribution in [3.05, 3.63) is 78.3 Å². The highest BCUT2D eigenvalue weighted by Gasteiger charge is 2.20. The Morgan fingerprint density at radius 3 is 2.30 bits per heavy atom. The molecule has 0 fully saturated rings. The van der Waals surface area contributed by atoms with Crippen molar-refractivity contribution in [3.8, 4) is 5.75 Å². The maximum absolute atomic E-state index is 12.7. The van der Waals surface area contributed by atoms with Crippen molar-refractivity contribution >= 4 is 29.1 Å². The molecule has 0 saturated carbocycles. The third kappa shape index (κ3) is 5.05. The highest BCUT2D eigenvalue weighted by atomic mass is 16.5. The molecule has 0 spiro atoms. The van der Waals surface area contributed by atoms with E-state index in [1.165, 1.54) is 12.3 Å². The summed E-state index contributed by atoms with van der Waals surface area (Å²) in [7, 11) is 1.56. The smallest absolute Gasteiger partial charge is 0.291 e. The molecule has 154 valence electrons. The third-order valence-electron chi connectivity index (χ3n) is 4.26. The Hall–Kier alpha value is -4.07. The molecule has 0 radical (unpaired) electrons. The van der Waals surface area contributed by atoms with E-state index in [-0.39, 0.29) is 17.2 Å². The lowest BCUT2D eigenvalue weighted by Gasteiger charge is -2.16. The fraction of sp³-hybridized carbons (Fsp3) is 0.136. The molecular formula is C22H21N3O5. The van der Waals surface area contributed by atoms with E-state index in [0.29, 0.717) is 17.1 Å². The van der Waals surface area contributed by atoms with Crippen LogP contribution in [0.2, 0.25) is 0 Å². The summed E-state index contributed by atoms with van der Waals surface area (Å²) in [5.74, 6) is -0.570. The van der Waals surface area contributed by atoms with Crippen LogP contribution in [0.5, 0.6) is 5.75 Å². The first-order chi connectivity index (χ1) is 14.5.